The van der Waals surface area contributed by atoms with Crippen molar-refractivity contribution in [2.45, 2.75) is 71.9 Å². The zero-order valence-corrected chi connectivity index (χ0v) is 17.4. The second-order valence-electron chi connectivity index (χ2n) is 9.74. The van der Waals surface area contributed by atoms with Crippen LogP contribution in [0.15, 0.2) is 0 Å². The summed E-state index contributed by atoms with van der Waals surface area (Å²) in [5.74, 6) is -0.752. The molecule has 4 atom stereocenters. The summed E-state index contributed by atoms with van der Waals surface area (Å²) >= 11 is 0. The highest BCUT2D eigenvalue weighted by molar-refractivity contribution is 5.91. The summed E-state index contributed by atoms with van der Waals surface area (Å²) in [7, 11) is 0. The summed E-state index contributed by atoms with van der Waals surface area (Å²) in [4.78, 5) is 39.1. The van der Waals surface area contributed by atoms with Crippen molar-refractivity contribution in [2.24, 2.45) is 29.1 Å². The Kier molecular flexibility index (Phi) is 5.92. The molecule has 1 aliphatic heterocycles. The molecule has 7 nitrogen and oxygen atoms in total. The lowest BCUT2D eigenvalue weighted by Crippen LogP contribution is -2.56. The van der Waals surface area contributed by atoms with Crippen molar-refractivity contribution in [1.29, 1.82) is 0 Å². The third-order valence-corrected chi connectivity index (χ3v) is 6.95. The van der Waals surface area contributed by atoms with Gasteiger partial charge in [-0.15, -0.1) is 0 Å². The number of nitrogens with one attached hydrogen (secondary N) is 1. The van der Waals surface area contributed by atoms with E-state index in [9.17, 15) is 19.5 Å². The van der Waals surface area contributed by atoms with E-state index in [1.54, 1.807) is 0 Å². The summed E-state index contributed by atoms with van der Waals surface area (Å²) in [6, 6.07) is -1.51. The highest BCUT2D eigenvalue weighted by Crippen LogP contribution is 2.64. The summed E-state index contributed by atoms with van der Waals surface area (Å²) in [5, 5.41) is 12.6. The highest BCUT2D eigenvalue weighted by Gasteiger charge is 2.69. The maximum atomic E-state index is 13.4. The summed E-state index contributed by atoms with van der Waals surface area (Å²) in [6.45, 7) is 8.79. The largest absolute Gasteiger partial charge is 0.480 e. The van der Waals surface area contributed by atoms with Gasteiger partial charge in [0.1, 0.15) is 12.1 Å². The van der Waals surface area contributed by atoms with Gasteiger partial charge in [-0.25, -0.2) is 9.59 Å². The van der Waals surface area contributed by atoms with Gasteiger partial charge in [-0.1, -0.05) is 47.0 Å². The standard InChI is InChI=1S/C21H34N2O5/c1-12(2)11-28-20(27)22-16(13-8-6-5-7-9-13)18(24)23-10-14-15(21(14,3)4)17(23)19(25)26/h12-17H,5-11H2,1-4H3,(H,22,27)(H,25,26)/t14-,15-,16-,17-/m0/s1. The van der Waals surface area contributed by atoms with E-state index >= 15 is 0 Å². The zero-order chi connectivity index (χ0) is 20.6. The lowest BCUT2D eigenvalue weighted by atomic mass is 9.83. The molecule has 1 saturated heterocycles. The minimum absolute atomic E-state index is 0.00570. The lowest BCUT2D eigenvalue weighted by Gasteiger charge is -2.35. The summed E-state index contributed by atoms with van der Waals surface area (Å²) < 4.78 is 5.24. The van der Waals surface area contributed by atoms with Crippen molar-refractivity contribution in [2.75, 3.05) is 13.2 Å². The van der Waals surface area contributed by atoms with Crippen LogP contribution in [0.3, 0.4) is 0 Å². The van der Waals surface area contributed by atoms with Gasteiger partial charge in [0, 0.05) is 12.5 Å². The van der Waals surface area contributed by atoms with Crippen molar-refractivity contribution < 1.29 is 24.2 Å². The first kappa shape index (κ1) is 20.9. The molecule has 0 spiro atoms. The number of hydrogen-bond acceptors (Lipinski definition) is 4. The van der Waals surface area contributed by atoms with Crippen molar-refractivity contribution in [3.63, 3.8) is 0 Å². The number of fused-ring (bicyclic) bond motifs is 1. The van der Waals surface area contributed by atoms with E-state index < -0.39 is 24.1 Å². The fourth-order valence-corrected chi connectivity index (χ4v) is 5.23. The number of carbonyl (C=O) groups is 3. The van der Waals surface area contributed by atoms with E-state index in [1.807, 2.05) is 13.8 Å². The SMILES string of the molecule is CC(C)COC(=O)N[C@H](C(=O)N1C[C@H]2[C@@H]([C@H]1C(=O)O)C2(C)C)C1CCCCC1. The van der Waals surface area contributed by atoms with E-state index in [0.29, 0.717) is 6.54 Å². The molecular formula is C21H34N2O5. The van der Waals surface area contributed by atoms with Crippen molar-refractivity contribution in [1.82, 2.24) is 10.2 Å². The number of carboxylic acids is 1. The fraction of sp³-hybridized carbons (Fsp3) is 0.857. The summed E-state index contributed by atoms with van der Waals surface area (Å²) in [6.07, 6.45) is 4.33. The third-order valence-electron chi connectivity index (χ3n) is 6.95. The minimum atomic E-state index is -0.948. The van der Waals surface area contributed by atoms with Gasteiger partial charge in [0.25, 0.3) is 0 Å². The van der Waals surface area contributed by atoms with E-state index in [2.05, 4.69) is 19.2 Å². The van der Waals surface area contributed by atoms with Crippen LogP contribution in [0.5, 0.6) is 0 Å². The average Bonchev–Trinajstić information content (AvgIpc) is 3.00. The molecule has 2 saturated carbocycles. The van der Waals surface area contributed by atoms with Crippen LogP contribution in [0.4, 0.5) is 4.79 Å². The number of carbonyl (C=O) groups excluding carboxylic acids is 2. The molecule has 1 heterocycles. The molecule has 2 aliphatic carbocycles. The van der Waals surface area contributed by atoms with Crippen LogP contribution in [0.1, 0.15) is 59.8 Å². The van der Waals surface area contributed by atoms with Gasteiger partial charge >= 0.3 is 12.1 Å². The number of rotatable bonds is 6. The molecule has 2 amide bonds. The Morgan fingerprint density at radius 1 is 1.18 bits per heavy atom. The van der Waals surface area contributed by atoms with Crippen LogP contribution >= 0.6 is 0 Å². The highest BCUT2D eigenvalue weighted by atomic mass is 16.5. The Hall–Kier alpha value is -1.79. The molecule has 3 fully saturated rings. The van der Waals surface area contributed by atoms with Crippen LogP contribution < -0.4 is 5.32 Å². The van der Waals surface area contributed by atoms with Crippen LogP contribution in [0, 0.1) is 29.1 Å². The Bertz CT molecular complexity index is 626. The molecule has 28 heavy (non-hydrogen) atoms. The summed E-state index contributed by atoms with van der Waals surface area (Å²) in [5.41, 5.74) is -0.0379. The Morgan fingerprint density at radius 3 is 2.39 bits per heavy atom. The second-order valence-corrected chi connectivity index (χ2v) is 9.74. The number of piperidine rings is 1. The van der Waals surface area contributed by atoms with Gasteiger partial charge in [0.2, 0.25) is 5.91 Å². The van der Waals surface area contributed by atoms with E-state index in [1.165, 1.54) is 4.90 Å². The normalized spacial score (nSPS) is 29.9. The smallest absolute Gasteiger partial charge is 0.407 e. The van der Waals surface area contributed by atoms with Gasteiger partial charge in [0.05, 0.1) is 6.61 Å². The van der Waals surface area contributed by atoms with Crippen LogP contribution in [0.2, 0.25) is 0 Å². The number of amides is 2. The van der Waals surface area contributed by atoms with Gasteiger partial charge in [-0.05, 0) is 36.0 Å². The molecular weight excluding hydrogens is 360 g/mol. The number of carboxylic acid groups (broad SMARTS) is 1. The maximum absolute atomic E-state index is 13.4. The molecule has 7 heteroatoms. The fourth-order valence-electron chi connectivity index (χ4n) is 5.23. The van der Waals surface area contributed by atoms with Gasteiger partial charge in [-0.3, -0.25) is 4.79 Å². The quantitative estimate of drug-likeness (QED) is 0.722. The lowest BCUT2D eigenvalue weighted by molar-refractivity contribution is -0.151. The van der Waals surface area contributed by atoms with Gasteiger partial charge < -0.3 is 20.1 Å². The number of hydrogen-bond donors (Lipinski definition) is 2. The molecule has 2 N–H and O–H groups in total. The average molecular weight is 395 g/mol. The first-order chi connectivity index (χ1) is 13.1. The number of nitrogens with zero attached hydrogens (tertiary/aromatic N) is 1. The number of likely N-dealkylation sites (tertiary alicyclic amines) is 1. The monoisotopic (exact) mass is 394 g/mol. The van der Waals surface area contributed by atoms with Gasteiger partial charge in [0.15, 0.2) is 0 Å². The topological polar surface area (TPSA) is 95.9 Å². The van der Waals surface area contributed by atoms with E-state index in [0.717, 1.165) is 32.1 Å². The second kappa shape index (κ2) is 7.91. The molecule has 0 unspecified atom stereocenters. The predicted molar refractivity (Wildman–Crippen MR) is 104 cm³/mol. The Morgan fingerprint density at radius 2 is 1.82 bits per heavy atom. The molecule has 0 aromatic heterocycles. The Balaban J connectivity index is 1.74. The van der Waals surface area contributed by atoms with Crippen LogP contribution in [-0.4, -0.2) is 53.2 Å². The van der Waals surface area contributed by atoms with Gasteiger partial charge in [-0.2, -0.15) is 0 Å². The van der Waals surface area contributed by atoms with Crippen molar-refractivity contribution >= 4 is 18.0 Å². The molecule has 3 aliphatic rings. The van der Waals surface area contributed by atoms with Crippen LogP contribution in [0.25, 0.3) is 0 Å². The van der Waals surface area contributed by atoms with E-state index in [-0.39, 0.29) is 41.6 Å². The molecule has 0 aromatic carbocycles. The van der Waals surface area contributed by atoms with Crippen LogP contribution in [-0.2, 0) is 14.3 Å². The number of ether oxygens (including phenoxy) is 1. The van der Waals surface area contributed by atoms with E-state index in [4.69, 9.17) is 4.74 Å². The molecule has 3 rings (SSSR count). The molecule has 0 aromatic rings. The number of alkyl carbamates (subject to hydrolysis) is 1. The van der Waals surface area contributed by atoms with Crippen molar-refractivity contribution in [3.05, 3.63) is 0 Å². The minimum Gasteiger partial charge on any atom is -0.480 e. The zero-order valence-electron chi connectivity index (χ0n) is 17.4. The molecule has 0 radical (unpaired) electrons. The third kappa shape index (κ3) is 3.98. The first-order valence-electron chi connectivity index (χ1n) is 10.6. The van der Waals surface area contributed by atoms with Crippen molar-refractivity contribution in [3.8, 4) is 0 Å². The maximum Gasteiger partial charge on any atom is 0.407 e. The first-order valence-corrected chi connectivity index (χ1v) is 10.6. The predicted octanol–water partition coefficient (Wildman–Crippen LogP) is 2.89. The Labute approximate surface area is 167 Å². The number of aliphatic carboxylic acids is 1. The molecule has 158 valence electrons. The molecule has 0 bridgehead atoms.